The summed E-state index contributed by atoms with van der Waals surface area (Å²) in [7, 11) is 1.75. The Kier molecular flexibility index (Phi) is 5.40. The quantitative estimate of drug-likeness (QED) is 0.766. The van der Waals surface area contributed by atoms with Gasteiger partial charge in [0.25, 0.3) is 0 Å². The van der Waals surface area contributed by atoms with Gasteiger partial charge >= 0.3 is 5.97 Å². The Labute approximate surface area is 104 Å². The van der Waals surface area contributed by atoms with Crippen molar-refractivity contribution in [3.05, 3.63) is 0 Å². The molecule has 17 heavy (non-hydrogen) atoms. The summed E-state index contributed by atoms with van der Waals surface area (Å²) in [5.74, 6) is -0.183. The molecule has 4 heteroatoms. The van der Waals surface area contributed by atoms with Gasteiger partial charge in [-0.1, -0.05) is 0 Å². The molecule has 1 aliphatic rings. The summed E-state index contributed by atoms with van der Waals surface area (Å²) in [5.41, 5.74) is -0.402. The van der Waals surface area contributed by atoms with Crippen molar-refractivity contribution in [1.82, 2.24) is 5.32 Å². The molecule has 1 fully saturated rings. The third-order valence-corrected chi connectivity index (χ3v) is 2.91. The van der Waals surface area contributed by atoms with Crippen molar-refractivity contribution in [2.24, 2.45) is 0 Å². The first kappa shape index (κ1) is 14.5. The number of rotatable bonds is 4. The Morgan fingerprint density at radius 2 is 2.06 bits per heavy atom. The standard InChI is InChI=1S/C13H25NO3/c1-13(2,3)17-12(15)9-14-10-6-5-7-11(8-10)16-4/h10-11,14H,5-9H2,1-4H3. The van der Waals surface area contributed by atoms with Gasteiger partial charge in [-0.3, -0.25) is 4.79 Å². The monoisotopic (exact) mass is 243 g/mol. The van der Waals surface area contributed by atoms with Gasteiger partial charge in [0.05, 0.1) is 12.6 Å². The third kappa shape index (κ3) is 6.03. The molecular formula is C13H25NO3. The summed E-state index contributed by atoms with van der Waals surface area (Å²) < 4.78 is 10.6. The first-order chi connectivity index (χ1) is 7.90. The van der Waals surface area contributed by atoms with Crippen LogP contribution in [0.5, 0.6) is 0 Å². The minimum absolute atomic E-state index is 0.183. The Hall–Kier alpha value is -0.610. The van der Waals surface area contributed by atoms with Gasteiger partial charge in [0.2, 0.25) is 0 Å². The van der Waals surface area contributed by atoms with Crippen LogP contribution in [0.3, 0.4) is 0 Å². The van der Waals surface area contributed by atoms with Crippen molar-refractivity contribution in [3.63, 3.8) is 0 Å². The lowest BCUT2D eigenvalue weighted by atomic mass is 9.93. The van der Waals surface area contributed by atoms with Crippen LogP contribution in [0.4, 0.5) is 0 Å². The number of hydrogen-bond donors (Lipinski definition) is 1. The van der Waals surface area contributed by atoms with E-state index in [4.69, 9.17) is 9.47 Å². The predicted octanol–water partition coefficient (Wildman–Crippen LogP) is 1.88. The Bertz CT molecular complexity index is 248. The summed E-state index contributed by atoms with van der Waals surface area (Å²) in [6.45, 7) is 5.93. The third-order valence-electron chi connectivity index (χ3n) is 2.91. The van der Waals surface area contributed by atoms with E-state index < -0.39 is 5.60 Å². The molecule has 2 atom stereocenters. The Morgan fingerprint density at radius 1 is 1.35 bits per heavy atom. The first-order valence-corrected chi connectivity index (χ1v) is 6.39. The Balaban J connectivity index is 2.23. The largest absolute Gasteiger partial charge is 0.459 e. The van der Waals surface area contributed by atoms with Gasteiger partial charge in [0, 0.05) is 13.2 Å². The van der Waals surface area contributed by atoms with Gasteiger partial charge < -0.3 is 14.8 Å². The van der Waals surface area contributed by atoms with E-state index in [-0.39, 0.29) is 5.97 Å². The normalized spacial score (nSPS) is 25.6. The van der Waals surface area contributed by atoms with Crippen LogP contribution < -0.4 is 5.32 Å². The fourth-order valence-corrected chi connectivity index (χ4v) is 2.15. The summed E-state index contributed by atoms with van der Waals surface area (Å²) >= 11 is 0. The van der Waals surface area contributed by atoms with E-state index in [2.05, 4.69) is 5.32 Å². The second kappa shape index (κ2) is 6.36. The molecule has 0 radical (unpaired) electrons. The molecule has 0 aromatic rings. The summed E-state index contributed by atoms with van der Waals surface area (Å²) in [4.78, 5) is 11.5. The van der Waals surface area contributed by atoms with Gasteiger partial charge in [-0.15, -0.1) is 0 Å². The SMILES string of the molecule is COC1CCCC(NCC(=O)OC(C)(C)C)C1. The van der Waals surface area contributed by atoms with Gasteiger partial charge in [-0.25, -0.2) is 0 Å². The highest BCUT2D eigenvalue weighted by Gasteiger charge is 2.23. The van der Waals surface area contributed by atoms with Crippen molar-refractivity contribution in [1.29, 1.82) is 0 Å². The zero-order valence-electron chi connectivity index (χ0n) is 11.4. The minimum atomic E-state index is -0.402. The molecule has 1 saturated carbocycles. The summed E-state index contributed by atoms with van der Waals surface area (Å²) in [5, 5.41) is 3.25. The van der Waals surface area contributed by atoms with Crippen molar-refractivity contribution in [2.45, 2.75) is 64.2 Å². The second-order valence-electron chi connectivity index (χ2n) is 5.69. The van der Waals surface area contributed by atoms with E-state index in [1.165, 1.54) is 0 Å². The summed E-state index contributed by atoms with van der Waals surface area (Å²) in [6, 6.07) is 0.376. The molecule has 0 bridgehead atoms. The molecule has 0 spiro atoms. The average molecular weight is 243 g/mol. The lowest BCUT2D eigenvalue weighted by Gasteiger charge is -2.29. The molecule has 0 saturated heterocycles. The summed E-state index contributed by atoms with van der Waals surface area (Å²) in [6.07, 6.45) is 4.72. The predicted molar refractivity (Wildman–Crippen MR) is 66.9 cm³/mol. The average Bonchev–Trinajstić information content (AvgIpc) is 2.24. The van der Waals surface area contributed by atoms with Crippen LogP contribution in [-0.4, -0.2) is 37.4 Å². The maximum absolute atomic E-state index is 11.5. The molecule has 2 unspecified atom stereocenters. The lowest BCUT2D eigenvalue weighted by Crippen LogP contribution is -2.41. The van der Waals surface area contributed by atoms with Crippen LogP contribution in [0.25, 0.3) is 0 Å². The van der Waals surface area contributed by atoms with Crippen molar-refractivity contribution in [3.8, 4) is 0 Å². The van der Waals surface area contributed by atoms with Crippen LogP contribution in [0, 0.1) is 0 Å². The number of carbonyl (C=O) groups is 1. The molecule has 0 aromatic carbocycles. The van der Waals surface area contributed by atoms with Crippen LogP contribution in [0.15, 0.2) is 0 Å². The van der Waals surface area contributed by atoms with E-state index in [0.717, 1.165) is 25.7 Å². The molecule has 4 nitrogen and oxygen atoms in total. The fraction of sp³-hybridized carbons (Fsp3) is 0.923. The van der Waals surface area contributed by atoms with Crippen LogP contribution in [-0.2, 0) is 14.3 Å². The smallest absolute Gasteiger partial charge is 0.320 e. The zero-order chi connectivity index (χ0) is 12.9. The molecule has 0 heterocycles. The van der Waals surface area contributed by atoms with Crippen molar-refractivity contribution >= 4 is 5.97 Å². The topological polar surface area (TPSA) is 47.6 Å². The number of hydrogen-bond acceptors (Lipinski definition) is 4. The second-order valence-corrected chi connectivity index (χ2v) is 5.69. The van der Waals surface area contributed by atoms with E-state index >= 15 is 0 Å². The molecule has 0 aromatic heterocycles. The van der Waals surface area contributed by atoms with Gasteiger partial charge in [-0.05, 0) is 46.5 Å². The number of methoxy groups -OCH3 is 1. The molecular weight excluding hydrogens is 218 g/mol. The zero-order valence-corrected chi connectivity index (χ0v) is 11.4. The van der Waals surface area contributed by atoms with Crippen LogP contribution >= 0.6 is 0 Å². The highest BCUT2D eigenvalue weighted by atomic mass is 16.6. The molecule has 1 N–H and O–H groups in total. The van der Waals surface area contributed by atoms with E-state index in [9.17, 15) is 4.79 Å². The molecule has 0 aliphatic heterocycles. The van der Waals surface area contributed by atoms with E-state index in [1.54, 1.807) is 7.11 Å². The van der Waals surface area contributed by atoms with Crippen LogP contribution in [0.1, 0.15) is 46.5 Å². The van der Waals surface area contributed by atoms with Crippen LogP contribution in [0.2, 0.25) is 0 Å². The number of ether oxygens (including phenoxy) is 2. The van der Waals surface area contributed by atoms with Crippen molar-refractivity contribution in [2.75, 3.05) is 13.7 Å². The highest BCUT2D eigenvalue weighted by molar-refractivity contribution is 5.72. The number of carbonyl (C=O) groups excluding carboxylic acids is 1. The van der Waals surface area contributed by atoms with Gasteiger partial charge in [-0.2, -0.15) is 0 Å². The Morgan fingerprint density at radius 3 is 2.65 bits per heavy atom. The van der Waals surface area contributed by atoms with Gasteiger partial charge in [0.15, 0.2) is 0 Å². The number of nitrogens with one attached hydrogen (secondary N) is 1. The fourth-order valence-electron chi connectivity index (χ4n) is 2.15. The molecule has 1 aliphatic carbocycles. The van der Waals surface area contributed by atoms with E-state index in [1.807, 2.05) is 20.8 Å². The molecule has 100 valence electrons. The number of esters is 1. The molecule has 0 amide bonds. The maximum atomic E-state index is 11.5. The van der Waals surface area contributed by atoms with Gasteiger partial charge in [0.1, 0.15) is 5.60 Å². The highest BCUT2D eigenvalue weighted by Crippen LogP contribution is 2.20. The molecule has 1 rings (SSSR count). The van der Waals surface area contributed by atoms with Crippen molar-refractivity contribution < 1.29 is 14.3 Å². The van der Waals surface area contributed by atoms with E-state index in [0.29, 0.717) is 18.7 Å². The maximum Gasteiger partial charge on any atom is 0.320 e. The first-order valence-electron chi connectivity index (χ1n) is 6.39. The lowest BCUT2D eigenvalue weighted by molar-refractivity contribution is -0.153. The minimum Gasteiger partial charge on any atom is -0.459 e.